The van der Waals surface area contributed by atoms with Crippen LogP contribution in [0.3, 0.4) is 0 Å². The average molecular weight is 418 g/mol. The van der Waals surface area contributed by atoms with Crippen LogP contribution in [-0.4, -0.2) is 21.2 Å². The number of aromatic nitrogens is 2. The van der Waals surface area contributed by atoms with Gasteiger partial charge in [-0.3, -0.25) is 9.36 Å². The van der Waals surface area contributed by atoms with E-state index in [9.17, 15) is 9.18 Å². The molecule has 6 heteroatoms. The van der Waals surface area contributed by atoms with E-state index in [2.05, 4.69) is 5.32 Å². The van der Waals surface area contributed by atoms with Crippen LogP contribution in [0.15, 0.2) is 90.2 Å². The Kier molecular flexibility index (Phi) is 5.95. The molecule has 0 saturated heterocycles. The summed E-state index contributed by atoms with van der Waals surface area (Å²) in [5, 5.41) is 3.54. The average Bonchev–Trinajstić information content (AvgIpc) is 3.18. The molecule has 0 bridgehead atoms. The normalized spacial score (nSPS) is 10.7. The van der Waals surface area contributed by atoms with Crippen molar-refractivity contribution in [2.45, 2.75) is 12.1 Å². The summed E-state index contributed by atoms with van der Waals surface area (Å²) >= 11 is 1.34. The third-order valence-electron chi connectivity index (χ3n) is 4.52. The monoisotopic (exact) mass is 417 g/mol. The smallest absolute Gasteiger partial charge is 0.234 e. The van der Waals surface area contributed by atoms with Crippen molar-refractivity contribution >= 4 is 23.4 Å². The topological polar surface area (TPSA) is 46.9 Å². The number of hydrogen-bond acceptors (Lipinski definition) is 3. The van der Waals surface area contributed by atoms with Gasteiger partial charge < -0.3 is 5.32 Å². The number of amides is 1. The summed E-state index contributed by atoms with van der Waals surface area (Å²) in [4.78, 5) is 17.1. The molecular weight excluding hydrogens is 397 g/mol. The van der Waals surface area contributed by atoms with Crippen LogP contribution in [0.4, 0.5) is 10.1 Å². The molecular formula is C24H20FN3OS. The molecule has 4 nitrogen and oxygen atoms in total. The second-order valence-electron chi connectivity index (χ2n) is 6.82. The van der Waals surface area contributed by atoms with Gasteiger partial charge in [0.05, 0.1) is 11.4 Å². The predicted octanol–water partition coefficient (Wildman–Crippen LogP) is 5.72. The number of nitrogens with one attached hydrogen (secondary N) is 1. The Hall–Kier alpha value is -3.38. The van der Waals surface area contributed by atoms with Gasteiger partial charge in [-0.15, -0.1) is 0 Å². The number of imidazole rings is 1. The number of rotatable bonds is 6. The Morgan fingerprint density at radius 3 is 2.40 bits per heavy atom. The van der Waals surface area contributed by atoms with Crippen molar-refractivity contribution in [2.75, 3.05) is 11.1 Å². The van der Waals surface area contributed by atoms with E-state index in [-0.39, 0.29) is 17.5 Å². The minimum atomic E-state index is -0.297. The summed E-state index contributed by atoms with van der Waals surface area (Å²) in [6, 6.07) is 23.7. The van der Waals surface area contributed by atoms with E-state index in [1.807, 2.05) is 72.3 Å². The molecule has 0 unspecified atom stereocenters. The molecule has 4 aromatic rings. The fourth-order valence-corrected chi connectivity index (χ4v) is 3.76. The van der Waals surface area contributed by atoms with Gasteiger partial charge in [0.15, 0.2) is 5.16 Å². The molecule has 0 radical (unpaired) electrons. The number of carbonyl (C=O) groups excluding carboxylic acids is 1. The highest BCUT2D eigenvalue weighted by Crippen LogP contribution is 2.28. The van der Waals surface area contributed by atoms with Gasteiger partial charge in [-0.2, -0.15) is 0 Å². The first-order valence-corrected chi connectivity index (χ1v) is 10.5. The van der Waals surface area contributed by atoms with Crippen LogP contribution in [0, 0.1) is 12.7 Å². The van der Waals surface area contributed by atoms with Gasteiger partial charge in [-0.1, -0.05) is 59.8 Å². The molecule has 30 heavy (non-hydrogen) atoms. The lowest BCUT2D eigenvalue weighted by Crippen LogP contribution is -2.14. The number of hydrogen-bond donors (Lipinski definition) is 1. The highest BCUT2D eigenvalue weighted by Gasteiger charge is 2.14. The molecule has 0 saturated carbocycles. The van der Waals surface area contributed by atoms with Crippen molar-refractivity contribution in [3.05, 3.63) is 96.4 Å². The molecule has 1 amide bonds. The Labute approximate surface area is 178 Å². The summed E-state index contributed by atoms with van der Waals surface area (Å²) in [5.41, 5.74) is 4.49. The first kappa shape index (κ1) is 19.9. The van der Waals surface area contributed by atoms with E-state index in [0.29, 0.717) is 5.16 Å². The van der Waals surface area contributed by atoms with E-state index in [0.717, 1.165) is 22.6 Å². The maximum atomic E-state index is 13.4. The van der Waals surface area contributed by atoms with Crippen LogP contribution in [0.5, 0.6) is 0 Å². The lowest BCUT2D eigenvalue weighted by atomic mass is 10.1. The van der Waals surface area contributed by atoms with Gasteiger partial charge in [-0.25, -0.2) is 9.37 Å². The molecule has 0 aliphatic heterocycles. The third kappa shape index (κ3) is 4.78. The standard InChI is InChI=1S/C24H20FN3OS/c1-17-7-9-18(10-8-17)22-15-28(21-13-11-19(25)12-14-21)24(27-22)30-16-23(29)26-20-5-3-2-4-6-20/h2-15H,16H2,1H3,(H,26,29). The van der Waals surface area contributed by atoms with Crippen molar-refractivity contribution in [1.29, 1.82) is 0 Å². The van der Waals surface area contributed by atoms with E-state index >= 15 is 0 Å². The zero-order valence-electron chi connectivity index (χ0n) is 16.4. The van der Waals surface area contributed by atoms with Crippen LogP contribution in [0.2, 0.25) is 0 Å². The largest absolute Gasteiger partial charge is 0.325 e. The number of benzene rings is 3. The van der Waals surface area contributed by atoms with Crippen LogP contribution in [0.1, 0.15) is 5.56 Å². The minimum absolute atomic E-state index is 0.114. The van der Waals surface area contributed by atoms with E-state index in [1.165, 1.54) is 29.5 Å². The number of carbonyl (C=O) groups is 1. The van der Waals surface area contributed by atoms with Crippen LogP contribution in [-0.2, 0) is 4.79 Å². The summed E-state index contributed by atoms with van der Waals surface area (Å²) in [6.45, 7) is 2.04. The third-order valence-corrected chi connectivity index (χ3v) is 5.47. The second-order valence-corrected chi connectivity index (χ2v) is 7.77. The maximum Gasteiger partial charge on any atom is 0.234 e. The first-order chi connectivity index (χ1) is 14.6. The summed E-state index contributed by atoms with van der Waals surface area (Å²) in [6.07, 6.45) is 1.91. The van der Waals surface area contributed by atoms with Gasteiger partial charge in [0.1, 0.15) is 5.82 Å². The van der Waals surface area contributed by atoms with E-state index < -0.39 is 0 Å². The number of aryl methyl sites for hydroxylation is 1. The highest BCUT2D eigenvalue weighted by atomic mass is 32.2. The molecule has 1 N–H and O–H groups in total. The summed E-state index contributed by atoms with van der Waals surface area (Å²) in [5.74, 6) is -0.203. The fraction of sp³-hybridized carbons (Fsp3) is 0.0833. The predicted molar refractivity (Wildman–Crippen MR) is 119 cm³/mol. The van der Waals surface area contributed by atoms with Crippen molar-refractivity contribution < 1.29 is 9.18 Å². The quantitative estimate of drug-likeness (QED) is 0.408. The first-order valence-electron chi connectivity index (χ1n) is 9.48. The Bertz CT molecular complexity index is 1140. The van der Waals surface area contributed by atoms with Gasteiger partial charge in [0.25, 0.3) is 0 Å². The van der Waals surface area contributed by atoms with Gasteiger partial charge in [-0.05, 0) is 43.3 Å². The number of thioether (sulfide) groups is 1. The summed E-state index contributed by atoms with van der Waals surface area (Å²) < 4.78 is 15.3. The molecule has 0 atom stereocenters. The zero-order valence-corrected chi connectivity index (χ0v) is 17.2. The fourth-order valence-electron chi connectivity index (χ4n) is 2.96. The Morgan fingerprint density at radius 1 is 1.00 bits per heavy atom. The van der Waals surface area contributed by atoms with Crippen molar-refractivity contribution in [3.8, 4) is 16.9 Å². The molecule has 0 aliphatic carbocycles. The lowest BCUT2D eigenvalue weighted by molar-refractivity contribution is -0.113. The van der Waals surface area contributed by atoms with Gasteiger partial charge in [0.2, 0.25) is 5.91 Å². The number of halogens is 1. The van der Waals surface area contributed by atoms with Crippen molar-refractivity contribution in [2.24, 2.45) is 0 Å². The molecule has 1 heterocycles. The maximum absolute atomic E-state index is 13.4. The van der Waals surface area contributed by atoms with E-state index in [4.69, 9.17) is 4.98 Å². The molecule has 150 valence electrons. The number of nitrogens with zero attached hydrogens (tertiary/aromatic N) is 2. The van der Waals surface area contributed by atoms with Gasteiger partial charge in [0, 0.05) is 23.1 Å². The minimum Gasteiger partial charge on any atom is -0.325 e. The van der Waals surface area contributed by atoms with Crippen LogP contribution in [0.25, 0.3) is 16.9 Å². The number of para-hydroxylation sites is 1. The zero-order chi connectivity index (χ0) is 20.9. The van der Waals surface area contributed by atoms with E-state index in [1.54, 1.807) is 12.1 Å². The van der Waals surface area contributed by atoms with Crippen molar-refractivity contribution in [3.63, 3.8) is 0 Å². The molecule has 0 aliphatic rings. The SMILES string of the molecule is Cc1ccc(-c2cn(-c3ccc(F)cc3)c(SCC(=O)Nc3ccccc3)n2)cc1. The van der Waals surface area contributed by atoms with Crippen LogP contribution >= 0.6 is 11.8 Å². The molecule has 0 spiro atoms. The summed E-state index contributed by atoms with van der Waals surface area (Å²) in [7, 11) is 0. The Balaban J connectivity index is 1.59. The number of anilines is 1. The molecule has 3 aromatic carbocycles. The lowest BCUT2D eigenvalue weighted by Gasteiger charge is -2.08. The van der Waals surface area contributed by atoms with Crippen molar-refractivity contribution in [1.82, 2.24) is 9.55 Å². The Morgan fingerprint density at radius 2 is 1.70 bits per heavy atom. The molecule has 0 fully saturated rings. The second kappa shape index (κ2) is 8.97. The molecule has 4 rings (SSSR count). The highest BCUT2D eigenvalue weighted by molar-refractivity contribution is 7.99. The molecule has 1 aromatic heterocycles. The van der Waals surface area contributed by atoms with Gasteiger partial charge >= 0.3 is 0 Å². The van der Waals surface area contributed by atoms with Crippen LogP contribution < -0.4 is 5.32 Å².